The van der Waals surface area contributed by atoms with E-state index in [1.54, 1.807) is 29.0 Å². The Morgan fingerprint density at radius 1 is 1.32 bits per heavy atom. The summed E-state index contributed by atoms with van der Waals surface area (Å²) in [5, 5.41) is 8.82. The van der Waals surface area contributed by atoms with Crippen molar-refractivity contribution in [3.05, 3.63) is 51.9 Å². The van der Waals surface area contributed by atoms with Gasteiger partial charge < -0.3 is 19.5 Å². The van der Waals surface area contributed by atoms with Gasteiger partial charge >= 0.3 is 0 Å². The molecule has 0 radical (unpaired) electrons. The number of aromatic nitrogens is 3. The molecule has 0 spiro atoms. The van der Waals surface area contributed by atoms with E-state index in [4.69, 9.17) is 16.3 Å². The normalized spacial score (nSPS) is 16.9. The number of fused-ring (bicyclic) bond motifs is 2. The zero-order valence-corrected chi connectivity index (χ0v) is 18.3. The number of carbonyl (C=O) groups excluding carboxylic acids is 2. The predicted molar refractivity (Wildman–Crippen MR) is 116 cm³/mol. The third kappa shape index (κ3) is 3.40. The van der Waals surface area contributed by atoms with Crippen molar-refractivity contribution in [3.63, 3.8) is 0 Å². The molecule has 1 aromatic carbocycles. The third-order valence-electron chi connectivity index (χ3n) is 6.49. The molecular weight excluding hydrogens is 418 g/mol. The summed E-state index contributed by atoms with van der Waals surface area (Å²) in [4.78, 5) is 33.1. The van der Waals surface area contributed by atoms with Crippen molar-refractivity contribution >= 4 is 34.3 Å². The predicted octanol–water partition coefficient (Wildman–Crippen LogP) is 2.99. The number of aromatic amines is 2. The summed E-state index contributed by atoms with van der Waals surface area (Å²) in [6.07, 6.45) is 2.45. The van der Waals surface area contributed by atoms with E-state index in [9.17, 15) is 9.59 Å². The number of hydrogen-bond acceptors (Lipinski definition) is 4. The van der Waals surface area contributed by atoms with Gasteiger partial charge in [0, 0.05) is 48.6 Å². The zero-order chi connectivity index (χ0) is 21.8. The van der Waals surface area contributed by atoms with Crippen molar-refractivity contribution in [1.29, 1.82) is 0 Å². The van der Waals surface area contributed by atoms with Crippen LogP contribution in [0.2, 0.25) is 5.02 Å². The van der Waals surface area contributed by atoms with Gasteiger partial charge in [-0.2, -0.15) is 5.10 Å². The van der Waals surface area contributed by atoms with Gasteiger partial charge in [0.15, 0.2) is 0 Å². The molecule has 2 amide bonds. The van der Waals surface area contributed by atoms with E-state index in [1.165, 1.54) is 0 Å². The van der Waals surface area contributed by atoms with Gasteiger partial charge in [-0.1, -0.05) is 17.7 Å². The second kappa shape index (κ2) is 7.39. The van der Waals surface area contributed by atoms with E-state index in [1.807, 2.05) is 19.2 Å². The topological polar surface area (TPSA) is 94.3 Å². The summed E-state index contributed by atoms with van der Waals surface area (Å²) in [6.45, 7) is 1.40. The summed E-state index contributed by atoms with van der Waals surface area (Å²) < 4.78 is 5.32. The summed E-state index contributed by atoms with van der Waals surface area (Å²) in [5.41, 5.74) is 3.19. The average molecular weight is 442 g/mol. The fraction of sp³-hybridized carbons (Fsp3) is 0.409. The highest BCUT2D eigenvalue weighted by atomic mass is 35.5. The van der Waals surface area contributed by atoms with Gasteiger partial charge in [0.2, 0.25) is 0 Å². The van der Waals surface area contributed by atoms with Crippen molar-refractivity contribution in [2.75, 3.05) is 27.3 Å². The summed E-state index contributed by atoms with van der Waals surface area (Å²) >= 11 is 6.06. The van der Waals surface area contributed by atoms with Crippen molar-refractivity contribution in [2.45, 2.75) is 31.3 Å². The number of halogens is 1. The molecule has 0 atom stereocenters. The highest BCUT2D eigenvalue weighted by molar-refractivity contribution is 6.31. The Hall–Kier alpha value is -2.84. The van der Waals surface area contributed by atoms with Crippen LogP contribution in [0, 0.1) is 0 Å². The van der Waals surface area contributed by atoms with Gasteiger partial charge in [-0.15, -0.1) is 0 Å². The van der Waals surface area contributed by atoms with E-state index in [0.717, 1.165) is 35.0 Å². The monoisotopic (exact) mass is 441 g/mol. The molecule has 3 aromatic rings. The van der Waals surface area contributed by atoms with E-state index in [2.05, 4.69) is 15.2 Å². The lowest BCUT2D eigenvalue weighted by Gasteiger charge is -2.29. The molecule has 0 saturated heterocycles. The van der Waals surface area contributed by atoms with Crippen LogP contribution in [0.1, 0.15) is 45.1 Å². The number of likely N-dealkylation sites (N-methyl/N-ethyl adjacent to an activating group) is 1. The molecule has 31 heavy (non-hydrogen) atoms. The lowest BCUT2D eigenvalue weighted by Crippen LogP contribution is -2.43. The van der Waals surface area contributed by atoms with Crippen LogP contribution >= 0.6 is 11.6 Å². The van der Waals surface area contributed by atoms with Crippen LogP contribution in [0.5, 0.6) is 0 Å². The van der Waals surface area contributed by atoms with Gasteiger partial charge in [-0.3, -0.25) is 14.7 Å². The van der Waals surface area contributed by atoms with Crippen molar-refractivity contribution in [1.82, 2.24) is 25.0 Å². The number of ether oxygens (including phenoxy) is 1. The van der Waals surface area contributed by atoms with E-state index in [-0.39, 0.29) is 17.4 Å². The summed E-state index contributed by atoms with van der Waals surface area (Å²) in [5.74, 6) is -0.221. The number of hydrogen-bond donors (Lipinski definition) is 2. The number of nitrogens with zero attached hydrogens (tertiary/aromatic N) is 3. The molecule has 1 saturated carbocycles. The number of nitrogens with one attached hydrogen (secondary N) is 2. The van der Waals surface area contributed by atoms with Crippen molar-refractivity contribution in [2.24, 2.45) is 0 Å². The maximum Gasteiger partial charge on any atom is 0.272 e. The lowest BCUT2D eigenvalue weighted by atomic mass is 10.0. The van der Waals surface area contributed by atoms with Crippen LogP contribution in [0.3, 0.4) is 0 Å². The fourth-order valence-electron chi connectivity index (χ4n) is 4.40. The molecule has 0 unspecified atom stereocenters. The minimum Gasteiger partial charge on any atom is -0.382 e. The number of amides is 2. The summed E-state index contributed by atoms with van der Waals surface area (Å²) in [7, 11) is 3.46. The molecule has 2 N–H and O–H groups in total. The first-order chi connectivity index (χ1) is 14.9. The zero-order valence-electron chi connectivity index (χ0n) is 17.5. The Balaban J connectivity index is 1.38. The quantitative estimate of drug-likeness (QED) is 0.636. The van der Waals surface area contributed by atoms with Crippen LogP contribution in [0.25, 0.3) is 10.9 Å². The molecule has 1 aliphatic carbocycles. The summed E-state index contributed by atoms with van der Waals surface area (Å²) in [6, 6.07) is 7.32. The highest BCUT2D eigenvalue weighted by Gasteiger charge is 2.49. The van der Waals surface area contributed by atoms with Gasteiger partial charge in [0.05, 0.1) is 24.4 Å². The standard InChI is InChI=1S/C22H24ClN5O3/c1-27(22(6-7-22)12-31-2)21(30)19-15-11-28(8-5-16(15)25-26-19)20(29)18-9-13-3-4-14(23)10-17(13)24-18/h3-4,9-10,24H,5-8,11-12H2,1-2H3,(H,25,26). The van der Waals surface area contributed by atoms with Crippen LogP contribution < -0.4 is 0 Å². The van der Waals surface area contributed by atoms with Gasteiger partial charge in [0.25, 0.3) is 11.8 Å². The molecule has 5 rings (SSSR count). The first-order valence-electron chi connectivity index (χ1n) is 10.3. The van der Waals surface area contributed by atoms with Gasteiger partial charge in [-0.25, -0.2) is 0 Å². The van der Waals surface area contributed by atoms with Crippen LogP contribution in [-0.4, -0.2) is 69.6 Å². The van der Waals surface area contributed by atoms with E-state index < -0.39 is 0 Å². The molecule has 1 aliphatic heterocycles. The number of methoxy groups -OCH3 is 1. The lowest BCUT2D eigenvalue weighted by molar-refractivity contribution is 0.0541. The Morgan fingerprint density at radius 2 is 2.13 bits per heavy atom. The minimum absolute atomic E-state index is 0.107. The maximum absolute atomic E-state index is 13.2. The van der Waals surface area contributed by atoms with Crippen LogP contribution in [0.4, 0.5) is 0 Å². The molecule has 8 nitrogen and oxygen atoms in total. The molecule has 1 fully saturated rings. The van der Waals surface area contributed by atoms with Crippen LogP contribution in [-0.2, 0) is 17.7 Å². The number of carbonyl (C=O) groups is 2. The van der Waals surface area contributed by atoms with Crippen molar-refractivity contribution < 1.29 is 14.3 Å². The molecule has 0 bridgehead atoms. The largest absolute Gasteiger partial charge is 0.382 e. The van der Waals surface area contributed by atoms with Gasteiger partial charge in [0.1, 0.15) is 11.4 Å². The number of H-pyrrole nitrogens is 2. The SMILES string of the molecule is COCC1(N(C)C(=O)c2[nH]nc3c2CN(C(=O)c2cc4ccc(Cl)cc4[nH]2)CC3)CC1. The fourth-order valence-corrected chi connectivity index (χ4v) is 4.57. The molecule has 9 heteroatoms. The second-order valence-corrected chi connectivity index (χ2v) is 8.87. The Kier molecular flexibility index (Phi) is 4.79. The van der Waals surface area contributed by atoms with E-state index in [0.29, 0.717) is 42.5 Å². The van der Waals surface area contributed by atoms with E-state index >= 15 is 0 Å². The Labute approximate surface area is 184 Å². The number of benzene rings is 1. The van der Waals surface area contributed by atoms with Crippen molar-refractivity contribution in [3.8, 4) is 0 Å². The Bertz CT molecular complexity index is 1180. The van der Waals surface area contributed by atoms with Crippen LogP contribution in [0.15, 0.2) is 24.3 Å². The average Bonchev–Trinajstić information content (AvgIpc) is 3.24. The number of rotatable bonds is 5. The first kappa shape index (κ1) is 20.1. The second-order valence-electron chi connectivity index (χ2n) is 8.44. The first-order valence-corrected chi connectivity index (χ1v) is 10.7. The smallest absolute Gasteiger partial charge is 0.272 e. The molecule has 162 valence electrons. The molecule has 2 aliphatic rings. The van der Waals surface area contributed by atoms with Gasteiger partial charge in [-0.05, 0) is 31.0 Å². The maximum atomic E-state index is 13.2. The molecular formula is C22H24ClN5O3. The highest BCUT2D eigenvalue weighted by Crippen LogP contribution is 2.42. The molecule has 3 heterocycles. The molecule has 2 aromatic heterocycles. The third-order valence-corrected chi connectivity index (χ3v) is 6.73. The Morgan fingerprint density at radius 3 is 2.87 bits per heavy atom. The minimum atomic E-state index is -0.236.